The van der Waals surface area contributed by atoms with Crippen molar-refractivity contribution in [3.8, 4) is 11.5 Å². The van der Waals surface area contributed by atoms with E-state index in [0.29, 0.717) is 19.1 Å². The minimum Gasteiger partial charge on any atom is -0.497 e. The zero-order valence-electron chi connectivity index (χ0n) is 13.9. The number of aryl methyl sites for hydroxylation is 1. The van der Waals surface area contributed by atoms with E-state index >= 15 is 0 Å². The zero-order chi connectivity index (χ0) is 16.5. The van der Waals surface area contributed by atoms with E-state index in [2.05, 4.69) is 27.5 Å². The number of hydrogen-bond acceptors (Lipinski definition) is 6. The van der Waals surface area contributed by atoms with Crippen molar-refractivity contribution in [1.82, 2.24) is 9.97 Å². The molecule has 1 heterocycles. The van der Waals surface area contributed by atoms with Crippen LogP contribution in [0.1, 0.15) is 19.0 Å². The molecule has 0 radical (unpaired) electrons. The van der Waals surface area contributed by atoms with Gasteiger partial charge in [0.15, 0.2) is 0 Å². The molecule has 0 atom stereocenters. The summed E-state index contributed by atoms with van der Waals surface area (Å²) in [7, 11) is 1.65. The van der Waals surface area contributed by atoms with Gasteiger partial charge in [-0.3, -0.25) is 0 Å². The van der Waals surface area contributed by atoms with E-state index in [4.69, 9.17) is 9.47 Å². The molecule has 124 valence electrons. The fourth-order valence-corrected chi connectivity index (χ4v) is 1.99. The molecule has 1 aromatic heterocycles. The van der Waals surface area contributed by atoms with Crippen LogP contribution in [0.5, 0.6) is 11.5 Å². The van der Waals surface area contributed by atoms with Crippen LogP contribution in [0.2, 0.25) is 0 Å². The van der Waals surface area contributed by atoms with E-state index in [1.165, 1.54) is 0 Å². The highest BCUT2D eigenvalue weighted by atomic mass is 16.5. The molecule has 6 heteroatoms. The molecule has 0 saturated carbocycles. The number of nitrogens with zero attached hydrogens (tertiary/aromatic N) is 2. The van der Waals surface area contributed by atoms with Crippen LogP contribution in [0.4, 0.5) is 11.8 Å². The molecule has 0 bridgehead atoms. The summed E-state index contributed by atoms with van der Waals surface area (Å²) in [6.45, 7) is 6.14. The number of benzene rings is 1. The number of rotatable bonds is 9. The number of ether oxygens (including phenoxy) is 2. The molecule has 0 saturated heterocycles. The first-order valence-corrected chi connectivity index (χ1v) is 7.81. The topological polar surface area (TPSA) is 68.3 Å². The first-order chi connectivity index (χ1) is 11.2. The second kappa shape index (κ2) is 8.82. The summed E-state index contributed by atoms with van der Waals surface area (Å²) in [4.78, 5) is 8.79. The Bertz CT molecular complexity index is 602. The van der Waals surface area contributed by atoms with Gasteiger partial charge in [0, 0.05) is 18.3 Å². The molecule has 6 nitrogen and oxygen atoms in total. The van der Waals surface area contributed by atoms with Gasteiger partial charge in [-0.1, -0.05) is 6.92 Å². The van der Waals surface area contributed by atoms with Crippen molar-refractivity contribution in [3.63, 3.8) is 0 Å². The molecule has 1 aromatic carbocycles. The van der Waals surface area contributed by atoms with E-state index in [-0.39, 0.29) is 0 Å². The molecule has 23 heavy (non-hydrogen) atoms. The number of anilines is 2. The van der Waals surface area contributed by atoms with Crippen molar-refractivity contribution in [2.24, 2.45) is 0 Å². The Morgan fingerprint density at radius 3 is 2.43 bits per heavy atom. The molecule has 0 amide bonds. The Balaban J connectivity index is 1.79. The summed E-state index contributed by atoms with van der Waals surface area (Å²) in [5.74, 6) is 3.09. The lowest BCUT2D eigenvalue weighted by Crippen LogP contribution is -2.14. The maximum atomic E-state index is 5.68. The summed E-state index contributed by atoms with van der Waals surface area (Å²) in [6.07, 6.45) is 1.04. The Morgan fingerprint density at radius 1 is 1.00 bits per heavy atom. The van der Waals surface area contributed by atoms with Gasteiger partial charge < -0.3 is 20.1 Å². The maximum Gasteiger partial charge on any atom is 0.224 e. The molecule has 0 fully saturated rings. The lowest BCUT2D eigenvalue weighted by Gasteiger charge is -2.10. The molecule has 2 aromatic rings. The monoisotopic (exact) mass is 316 g/mol. The minimum absolute atomic E-state index is 0.549. The second-order valence-corrected chi connectivity index (χ2v) is 5.10. The van der Waals surface area contributed by atoms with Crippen molar-refractivity contribution < 1.29 is 9.47 Å². The highest BCUT2D eigenvalue weighted by Gasteiger charge is 2.01. The molecule has 2 rings (SSSR count). The van der Waals surface area contributed by atoms with Gasteiger partial charge in [-0.25, -0.2) is 4.98 Å². The van der Waals surface area contributed by atoms with Crippen LogP contribution in [-0.2, 0) is 0 Å². The lowest BCUT2D eigenvalue weighted by molar-refractivity contribution is 0.331. The molecule has 0 spiro atoms. The number of methoxy groups -OCH3 is 1. The van der Waals surface area contributed by atoms with Gasteiger partial charge in [0.25, 0.3) is 0 Å². The van der Waals surface area contributed by atoms with E-state index in [0.717, 1.165) is 36.0 Å². The first-order valence-electron chi connectivity index (χ1n) is 7.81. The van der Waals surface area contributed by atoms with E-state index in [9.17, 15) is 0 Å². The van der Waals surface area contributed by atoms with Gasteiger partial charge in [-0.15, -0.1) is 0 Å². The highest BCUT2D eigenvalue weighted by molar-refractivity contribution is 5.42. The predicted octanol–water partition coefficient (Wildman–Crippen LogP) is 3.11. The van der Waals surface area contributed by atoms with Crippen LogP contribution >= 0.6 is 0 Å². The van der Waals surface area contributed by atoms with Gasteiger partial charge >= 0.3 is 0 Å². The number of hydrogen-bond donors (Lipinski definition) is 2. The Morgan fingerprint density at radius 2 is 1.74 bits per heavy atom. The maximum absolute atomic E-state index is 5.68. The molecule has 0 aliphatic carbocycles. The molecular weight excluding hydrogens is 292 g/mol. The third-order valence-electron chi connectivity index (χ3n) is 3.12. The lowest BCUT2D eigenvalue weighted by atomic mass is 10.3. The smallest absolute Gasteiger partial charge is 0.224 e. The fourth-order valence-electron chi connectivity index (χ4n) is 1.99. The normalized spacial score (nSPS) is 10.2. The van der Waals surface area contributed by atoms with Gasteiger partial charge in [0.2, 0.25) is 5.95 Å². The Hall–Kier alpha value is -2.50. The predicted molar refractivity (Wildman–Crippen MR) is 92.5 cm³/mol. The van der Waals surface area contributed by atoms with Crippen molar-refractivity contribution in [2.45, 2.75) is 20.3 Å². The highest BCUT2D eigenvalue weighted by Crippen LogP contribution is 2.17. The van der Waals surface area contributed by atoms with Crippen LogP contribution in [-0.4, -0.2) is 36.8 Å². The Labute approximate surface area is 137 Å². The van der Waals surface area contributed by atoms with E-state index in [1.807, 2.05) is 37.3 Å². The Kier molecular flexibility index (Phi) is 6.47. The summed E-state index contributed by atoms with van der Waals surface area (Å²) >= 11 is 0. The second-order valence-electron chi connectivity index (χ2n) is 5.10. The standard InChI is InChI=1S/C17H24N4O2/c1-4-9-19-17-20-13(2)12-16(21-17)18-10-11-23-15-7-5-14(22-3)6-8-15/h5-8,12H,4,9-11H2,1-3H3,(H2,18,19,20,21). The van der Waals surface area contributed by atoms with Crippen molar-refractivity contribution >= 4 is 11.8 Å². The van der Waals surface area contributed by atoms with Crippen LogP contribution in [0.25, 0.3) is 0 Å². The van der Waals surface area contributed by atoms with Gasteiger partial charge in [0.1, 0.15) is 23.9 Å². The molecule has 2 N–H and O–H groups in total. The number of nitrogens with one attached hydrogen (secondary N) is 2. The van der Waals surface area contributed by atoms with Crippen LogP contribution in [0.3, 0.4) is 0 Å². The molecular formula is C17H24N4O2. The molecule has 0 aliphatic heterocycles. The molecule has 0 aliphatic rings. The minimum atomic E-state index is 0.549. The first kappa shape index (κ1) is 16.9. The quantitative estimate of drug-likeness (QED) is 0.693. The van der Waals surface area contributed by atoms with Gasteiger partial charge in [-0.05, 0) is 37.6 Å². The van der Waals surface area contributed by atoms with E-state index in [1.54, 1.807) is 7.11 Å². The van der Waals surface area contributed by atoms with Crippen molar-refractivity contribution in [1.29, 1.82) is 0 Å². The summed E-state index contributed by atoms with van der Waals surface area (Å²) in [6, 6.07) is 9.45. The van der Waals surface area contributed by atoms with Crippen molar-refractivity contribution in [2.75, 3.05) is 37.4 Å². The van der Waals surface area contributed by atoms with Crippen molar-refractivity contribution in [3.05, 3.63) is 36.0 Å². The SMILES string of the molecule is CCCNc1nc(C)cc(NCCOc2ccc(OC)cc2)n1. The third kappa shape index (κ3) is 5.65. The third-order valence-corrected chi connectivity index (χ3v) is 3.12. The summed E-state index contributed by atoms with van der Waals surface area (Å²) < 4.78 is 10.8. The summed E-state index contributed by atoms with van der Waals surface area (Å²) in [5, 5.41) is 6.45. The van der Waals surface area contributed by atoms with E-state index < -0.39 is 0 Å². The molecule has 0 unspecified atom stereocenters. The van der Waals surface area contributed by atoms with Crippen LogP contribution in [0.15, 0.2) is 30.3 Å². The zero-order valence-corrected chi connectivity index (χ0v) is 13.9. The fraction of sp³-hybridized carbons (Fsp3) is 0.412. The van der Waals surface area contributed by atoms with Gasteiger partial charge in [0.05, 0.1) is 13.7 Å². The van der Waals surface area contributed by atoms with Crippen LogP contribution in [0, 0.1) is 6.92 Å². The average Bonchev–Trinajstić information content (AvgIpc) is 2.57. The van der Waals surface area contributed by atoms with Crippen LogP contribution < -0.4 is 20.1 Å². The number of aromatic nitrogens is 2. The summed E-state index contributed by atoms with van der Waals surface area (Å²) in [5.41, 5.74) is 0.928. The largest absolute Gasteiger partial charge is 0.497 e. The average molecular weight is 316 g/mol. The van der Waals surface area contributed by atoms with Gasteiger partial charge in [-0.2, -0.15) is 4.98 Å².